The van der Waals surface area contributed by atoms with Crippen molar-refractivity contribution in [1.29, 1.82) is 0 Å². The molecule has 0 amide bonds. The summed E-state index contributed by atoms with van der Waals surface area (Å²) in [5, 5.41) is 0. The van der Waals surface area contributed by atoms with E-state index in [1.807, 2.05) is 6.07 Å². The minimum atomic E-state index is 0.109. The first-order chi connectivity index (χ1) is 9.57. The van der Waals surface area contributed by atoms with Crippen molar-refractivity contribution in [3.63, 3.8) is 0 Å². The Morgan fingerprint density at radius 2 is 1.90 bits per heavy atom. The number of rotatable bonds is 4. The molecule has 1 aromatic carbocycles. The van der Waals surface area contributed by atoms with Gasteiger partial charge in [-0.2, -0.15) is 0 Å². The van der Waals surface area contributed by atoms with E-state index in [0.29, 0.717) is 5.96 Å². The summed E-state index contributed by atoms with van der Waals surface area (Å²) < 4.78 is 5.32. The zero-order valence-electron chi connectivity index (χ0n) is 12.5. The molecule has 0 atom stereocenters. The third kappa shape index (κ3) is 4.53. The zero-order chi connectivity index (χ0) is 14.4. The van der Waals surface area contributed by atoms with Crippen LogP contribution in [0.15, 0.2) is 35.3 Å². The van der Waals surface area contributed by atoms with E-state index in [2.05, 4.69) is 48.0 Å². The average molecular weight is 275 g/mol. The Bertz CT molecular complexity index is 436. The molecule has 110 valence electrons. The van der Waals surface area contributed by atoms with Crippen LogP contribution in [0.2, 0.25) is 0 Å². The number of morpholine rings is 1. The van der Waals surface area contributed by atoms with Crippen molar-refractivity contribution < 1.29 is 4.74 Å². The van der Waals surface area contributed by atoms with Gasteiger partial charge in [-0.15, -0.1) is 0 Å². The lowest BCUT2D eigenvalue weighted by atomic mass is 9.86. The lowest BCUT2D eigenvalue weighted by molar-refractivity contribution is 0.0673. The minimum absolute atomic E-state index is 0.109. The number of ether oxygens (including phenoxy) is 1. The molecule has 4 nitrogen and oxygen atoms in total. The summed E-state index contributed by atoms with van der Waals surface area (Å²) in [6, 6.07) is 10.5. The van der Waals surface area contributed by atoms with Crippen molar-refractivity contribution >= 4 is 5.96 Å². The van der Waals surface area contributed by atoms with Gasteiger partial charge in [0, 0.05) is 19.6 Å². The molecule has 1 aliphatic heterocycles. The molecule has 0 aliphatic carbocycles. The van der Waals surface area contributed by atoms with Crippen LogP contribution in [0.25, 0.3) is 0 Å². The van der Waals surface area contributed by atoms with E-state index >= 15 is 0 Å². The smallest absolute Gasteiger partial charge is 0.191 e. The molecule has 1 aromatic rings. The molecule has 1 fully saturated rings. The maximum absolute atomic E-state index is 6.07. The Hall–Kier alpha value is -1.55. The van der Waals surface area contributed by atoms with E-state index in [1.54, 1.807) is 0 Å². The molecule has 2 N–H and O–H groups in total. The fourth-order valence-electron chi connectivity index (χ4n) is 2.39. The molecule has 0 saturated carbocycles. The van der Waals surface area contributed by atoms with Crippen LogP contribution in [0.3, 0.4) is 0 Å². The lowest BCUT2D eigenvalue weighted by Gasteiger charge is -2.29. The largest absolute Gasteiger partial charge is 0.378 e. The fourth-order valence-corrected chi connectivity index (χ4v) is 2.39. The Labute approximate surface area is 121 Å². The molecule has 0 unspecified atom stereocenters. The van der Waals surface area contributed by atoms with Crippen molar-refractivity contribution in [2.75, 3.05) is 32.8 Å². The Morgan fingerprint density at radius 1 is 1.25 bits per heavy atom. The van der Waals surface area contributed by atoms with Crippen LogP contribution in [0.5, 0.6) is 0 Å². The van der Waals surface area contributed by atoms with E-state index < -0.39 is 0 Å². The number of hydrogen-bond donors (Lipinski definition) is 1. The van der Waals surface area contributed by atoms with Crippen LogP contribution in [0, 0.1) is 5.41 Å². The Morgan fingerprint density at radius 3 is 2.55 bits per heavy atom. The van der Waals surface area contributed by atoms with Crippen molar-refractivity contribution in [3.05, 3.63) is 35.9 Å². The highest BCUT2D eigenvalue weighted by molar-refractivity contribution is 5.78. The van der Waals surface area contributed by atoms with Crippen LogP contribution in [-0.2, 0) is 11.2 Å². The summed E-state index contributed by atoms with van der Waals surface area (Å²) in [6.07, 6.45) is 1.01. The first-order valence-corrected chi connectivity index (χ1v) is 7.23. The third-order valence-corrected chi connectivity index (χ3v) is 3.53. The quantitative estimate of drug-likeness (QED) is 0.674. The molecule has 2 rings (SSSR count). The summed E-state index contributed by atoms with van der Waals surface area (Å²) in [6.45, 7) is 8.37. The van der Waals surface area contributed by atoms with Gasteiger partial charge in [0.15, 0.2) is 5.96 Å². The van der Waals surface area contributed by atoms with Gasteiger partial charge in [-0.25, -0.2) is 0 Å². The van der Waals surface area contributed by atoms with Crippen molar-refractivity contribution in [3.8, 4) is 0 Å². The summed E-state index contributed by atoms with van der Waals surface area (Å²) in [4.78, 5) is 6.68. The van der Waals surface area contributed by atoms with Gasteiger partial charge in [0.1, 0.15) is 0 Å². The molecular weight excluding hydrogens is 250 g/mol. The standard InChI is InChI=1S/C16H25N3O/c1-16(2,12-14-6-4-3-5-7-14)13-18-15(17)19-8-10-20-11-9-19/h3-7H,8-13H2,1-2H3,(H2,17,18). The molecule has 1 saturated heterocycles. The van der Waals surface area contributed by atoms with Crippen molar-refractivity contribution in [2.24, 2.45) is 16.1 Å². The molecule has 4 heteroatoms. The van der Waals surface area contributed by atoms with Crippen molar-refractivity contribution in [1.82, 2.24) is 4.90 Å². The van der Waals surface area contributed by atoms with Crippen LogP contribution in [0.4, 0.5) is 0 Å². The monoisotopic (exact) mass is 275 g/mol. The van der Waals surface area contributed by atoms with Gasteiger partial charge in [0.2, 0.25) is 0 Å². The predicted octanol–water partition coefficient (Wildman–Crippen LogP) is 1.90. The van der Waals surface area contributed by atoms with E-state index in [-0.39, 0.29) is 5.41 Å². The van der Waals surface area contributed by atoms with Gasteiger partial charge in [0.25, 0.3) is 0 Å². The second-order valence-electron chi connectivity index (χ2n) is 6.10. The molecule has 0 bridgehead atoms. The zero-order valence-corrected chi connectivity index (χ0v) is 12.5. The molecule has 0 aromatic heterocycles. The van der Waals surface area contributed by atoms with Crippen LogP contribution in [-0.4, -0.2) is 43.7 Å². The molecular formula is C16H25N3O. The van der Waals surface area contributed by atoms with E-state index in [9.17, 15) is 0 Å². The number of aliphatic imine (C=N–C) groups is 1. The maximum atomic E-state index is 6.07. The SMILES string of the molecule is CC(C)(CN=C(N)N1CCOCC1)Cc1ccccc1. The van der Waals surface area contributed by atoms with Crippen LogP contribution in [0.1, 0.15) is 19.4 Å². The third-order valence-electron chi connectivity index (χ3n) is 3.53. The highest BCUT2D eigenvalue weighted by Crippen LogP contribution is 2.22. The minimum Gasteiger partial charge on any atom is -0.378 e. The van der Waals surface area contributed by atoms with Gasteiger partial charge in [-0.3, -0.25) is 4.99 Å². The van der Waals surface area contributed by atoms with Gasteiger partial charge in [0.05, 0.1) is 13.2 Å². The van der Waals surface area contributed by atoms with Gasteiger partial charge >= 0.3 is 0 Å². The molecule has 1 heterocycles. The molecule has 1 aliphatic rings. The summed E-state index contributed by atoms with van der Waals surface area (Å²) in [5.41, 5.74) is 7.52. The summed E-state index contributed by atoms with van der Waals surface area (Å²) >= 11 is 0. The lowest BCUT2D eigenvalue weighted by Crippen LogP contribution is -2.45. The maximum Gasteiger partial charge on any atom is 0.191 e. The highest BCUT2D eigenvalue weighted by atomic mass is 16.5. The van der Waals surface area contributed by atoms with Gasteiger partial charge in [-0.1, -0.05) is 44.2 Å². The summed E-state index contributed by atoms with van der Waals surface area (Å²) in [7, 11) is 0. The predicted molar refractivity (Wildman–Crippen MR) is 82.8 cm³/mol. The van der Waals surface area contributed by atoms with E-state index in [1.165, 1.54) is 5.56 Å². The second kappa shape index (κ2) is 6.75. The number of benzene rings is 1. The number of nitrogens with zero attached hydrogens (tertiary/aromatic N) is 2. The molecule has 0 spiro atoms. The summed E-state index contributed by atoms with van der Waals surface area (Å²) in [5.74, 6) is 0.648. The van der Waals surface area contributed by atoms with E-state index in [0.717, 1.165) is 39.3 Å². The Balaban J connectivity index is 1.90. The van der Waals surface area contributed by atoms with Gasteiger partial charge < -0.3 is 15.4 Å². The number of nitrogens with two attached hydrogens (primary N) is 1. The fraction of sp³-hybridized carbons (Fsp3) is 0.562. The number of guanidine groups is 1. The van der Waals surface area contributed by atoms with Crippen molar-refractivity contribution in [2.45, 2.75) is 20.3 Å². The van der Waals surface area contributed by atoms with Gasteiger partial charge in [-0.05, 0) is 17.4 Å². The number of hydrogen-bond acceptors (Lipinski definition) is 2. The first-order valence-electron chi connectivity index (χ1n) is 7.23. The molecule has 0 radical (unpaired) electrons. The molecule has 20 heavy (non-hydrogen) atoms. The first kappa shape index (κ1) is 14.9. The second-order valence-corrected chi connectivity index (χ2v) is 6.10. The van der Waals surface area contributed by atoms with Crippen LogP contribution >= 0.6 is 0 Å². The normalized spacial score (nSPS) is 17.3. The van der Waals surface area contributed by atoms with E-state index in [4.69, 9.17) is 10.5 Å². The Kier molecular flexibility index (Phi) is 5.01. The van der Waals surface area contributed by atoms with Crippen LogP contribution < -0.4 is 5.73 Å². The average Bonchev–Trinajstić information content (AvgIpc) is 2.46. The highest BCUT2D eigenvalue weighted by Gasteiger charge is 2.19. The topological polar surface area (TPSA) is 50.8 Å².